The molecule has 202 valence electrons. The maximum atomic E-state index is 13.5. The molecule has 5 N–H and O–H groups in total. The van der Waals surface area contributed by atoms with Crippen LogP contribution in [0, 0.1) is 16.7 Å². The lowest BCUT2D eigenvalue weighted by molar-refractivity contribution is -0.119. The Hall–Kier alpha value is -3.74. The maximum absolute atomic E-state index is 13.5. The maximum Gasteiger partial charge on any atom is 0.200 e. The van der Waals surface area contributed by atoms with Crippen LogP contribution in [0.25, 0.3) is 0 Å². The van der Waals surface area contributed by atoms with E-state index in [1.54, 1.807) is 0 Å². The lowest BCUT2D eigenvalue weighted by Crippen LogP contribution is -2.35. The van der Waals surface area contributed by atoms with Gasteiger partial charge in [-0.15, -0.1) is 0 Å². The first-order chi connectivity index (χ1) is 17.7. The molecule has 1 atom stereocenters. The molecule has 7 heteroatoms. The van der Waals surface area contributed by atoms with Gasteiger partial charge < -0.3 is 25.5 Å². The van der Waals surface area contributed by atoms with Crippen molar-refractivity contribution >= 4 is 11.6 Å². The van der Waals surface area contributed by atoms with E-state index in [1.807, 2.05) is 58.0 Å². The summed E-state index contributed by atoms with van der Waals surface area (Å²) < 4.78 is 0. The summed E-state index contributed by atoms with van der Waals surface area (Å²) in [5.41, 5.74) is 0.326. The SMILES string of the molecule is CC1(C)CC(=O)C(C(CC(c2ccccc2)c2ccc(O)c(O)c2O)C2=C(O)CC(C)(C)CC2=O)=C(O)C1. The highest BCUT2D eigenvalue weighted by molar-refractivity contribution is 6.03. The molecule has 4 rings (SSSR count). The van der Waals surface area contributed by atoms with Gasteiger partial charge in [0.05, 0.1) is 0 Å². The van der Waals surface area contributed by atoms with Crippen molar-refractivity contribution in [3.05, 3.63) is 76.3 Å². The van der Waals surface area contributed by atoms with E-state index in [4.69, 9.17) is 0 Å². The smallest absolute Gasteiger partial charge is 0.200 e. The van der Waals surface area contributed by atoms with Crippen molar-refractivity contribution < 1.29 is 35.1 Å². The van der Waals surface area contributed by atoms with Crippen molar-refractivity contribution in [3.63, 3.8) is 0 Å². The molecule has 0 heterocycles. The van der Waals surface area contributed by atoms with Crippen molar-refractivity contribution in [1.82, 2.24) is 0 Å². The number of carbonyl (C=O) groups excluding carboxylic acids is 2. The first kappa shape index (κ1) is 27.3. The summed E-state index contributed by atoms with van der Waals surface area (Å²) >= 11 is 0. The Balaban J connectivity index is 1.94. The van der Waals surface area contributed by atoms with Crippen LogP contribution in [-0.2, 0) is 9.59 Å². The van der Waals surface area contributed by atoms with Gasteiger partial charge >= 0.3 is 0 Å². The molecule has 0 aromatic heterocycles. The van der Waals surface area contributed by atoms with Gasteiger partial charge in [-0.3, -0.25) is 9.59 Å². The molecule has 0 amide bonds. The second kappa shape index (κ2) is 9.86. The number of phenols is 3. The molecule has 2 aliphatic carbocycles. The molecule has 38 heavy (non-hydrogen) atoms. The van der Waals surface area contributed by atoms with Gasteiger partial charge in [0.1, 0.15) is 11.5 Å². The van der Waals surface area contributed by atoms with Crippen LogP contribution in [-0.4, -0.2) is 37.1 Å². The summed E-state index contributed by atoms with van der Waals surface area (Å²) in [5.74, 6) is -4.03. The molecule has 0 radical (unpaired) electrons. The number of hydrogen-bond acceptors (Lipinski definition) is 7. The molecular formula is C31H36O7. The summed E-state index contributed by atoms with van der Waals surface area (Å²) in [6, 6.07) is 11.9. The number of allylic oxidation sites excluding steroid dienone is 4. The first-order valence-corrected chi connectivity index (χ1v) is 12.9. The number of phenolic OH excluding ortho intramolecular Hbond substituents is 3. The quantitative estimate of drug-likeness (QED) is 0.280. The highest BCUT2D eigenvalue weighted by Crippen LogP contribution is 2.50. The van der Waals surface area contributed by atoms with E-state index in [0.29, 0.717) is 0 Å². The largest absolute Gasteiger partial charge is 0.512 e. The van der Waals surface area contributed by atoms with Gasteiger partial charge in [0, 0.05) is 54.2 Å². The fourth-order valence-corrected chi connectivity index (χ4v) is 6.00. The monoisotopic (exact) mass is 520 g/mol. The van der Waals surface area contributed by atoms with E-state index >= 15 is 0 Å². The minimum Gasteiger partial charge on any atom is -0.512 e. The number of carbonyl (C=O) groups is 2. The molecule has 2 aromatic carbocycles. The topological polar surface area (TPSA) is 135 Å². The summed E-state index contributed by atoms with van der Waals surface area (Å²) in [4.78, 5) is 27.0. The molecule has 1 unspecified atom stereocenters. The Morgan fingerprint density at radius 1 is 0.658 bits per heavy atom. The number of aliphatic hydroxyl groups excluding tert-OH is 2. The van der Waals surface area contributed by atoms with Gasteiger partial charge in [0.15, 0.2) is 23.1 Å². The Kier molecular flexibility index (Phi) is 7.08. The zero-order chi connectivity index (χ0) is 28.0. The van der Waals surface area contributed by atoms with Gasteiger partial charge in [0.25, 0.3) is 0 Å². The fraction of sp³-hybridized carbons (Fsp3) is 0.419. The van der Waals surface area contributed by atoms with E-state index in [2.05, 4.69) is 0 Å². The minimum atomic E-state index is -0.942. The molecule has 0 saturated heterocycles. The van der Waals surface area contributed by atoms with Crippen LogP contribution < -0.4 is 0 Å². The number of aliphatic hydroxyl groups is 2. The van der Waals surface area contributed by atoms with Gasteiger partial charge in [-0.2, -0.15) is 0 Å². The van der Waals surface area contributed by atoms with Crippen LogP contribution in [0.15, 0.2) is 65.1 Å². The van der Waals surface area contributed by atoms with Crippen LogP contribution in [0.2, 0.25) is 0 Å². The average molecular weight is 521 g/mol. The number of aromatic hydroxyl groups is 3. The van der Waals surface area contributed by atoms with E-state index in [0.717, 1.165) is 5.56 Å². The molecule has 0 saturated carbocycles. The van der Waals surface area contributed by atoms with Crippen molar-refractivity contribution in [2.45, 2.75) is 65.7 Å². The van der Waals surface area contributed by atoms with Crippen molar-refractivity contribution in [1.29, 1.82) is 0 Å². The summed E-state index contributed by atoms with van der Waals surface area (Å²) in [5, 5.41) is 53.4. The molecule has 0 fully saturated rings. The van der Waals surface area contributed by atoms with Crippen LogP contribution >= 0.6 is 0 Å². The van der Waals surface area contributed by atoms with Gasteiger partial charge in [-0.05, 0) is 28.9 Å². The van der Waals surface area contributed by atoms with Crippen molar-refractivity contribution in [3.8, 4) is 17.2 Å². The lowest BCUT2D eigenvalue weighted by atomic mass is 9.66. The molecule has 0 aliphatic heterocycles. The van der Waals surface area contributed by atoms with E-state index in [9.17, 15) is 35.1 Å². The Bertz CT molecular complexity index is 1280. The second-order valence-corrected chi connectivity index (χ2v) is 12.2. The predicted molar refractivity (Wildman–Crippen MR) is 143 cm³/mol. The zero-order valence-electron chi connectivity index (χ0n) is 22.3. The van der Waals surface area contributed by atoms with Crippen molar-refractivity contribution in [2.24, 2.45) is 16.7 Å². The van der Waals surface area contributed by atoms with E-state index in [-0.39, 0.29) is 71.9 Å². The van der Waals surface area contributed by atoms with E-state index < -0.39 is 39.9 Å². The van der Waals surface area contributed by atoms with Gasteiger partial charge in [-0.1, -0.05) is 64.1 Å². The van der Waals surface area contributed by atoms with Gasteiger partial charge in [-0.25, -0.2) is 0 Å². The molecule has 7 nitrogen and oxygen atoms in total. The van der Waals surface area contributed by atoms with Crippen LogP contribution in [0.3, 0.4) is 0 Å². The third-order valence-corrected chi connectivity index (χ3v) is 7.70. The summed E-state index contributed by atoms with van der Waals surface area (Å²) in [7, 11) is 0. The second-order valence-electron chi connectivity index (χ2n) is 12.2. The first-order valence-electron chi connectivity index (χ1n) is 12.9. The Morgan fingerprint density at radius 3 is 1.63 bits per heavy atom. The molecule has 0 bridgehead atoms. The number of hydrogen-bond donors (Lipinski definition) is 5. The fourth-order valence-electron chi connectivity index (χ4n) is 6.00. The van der Waals surface area contributed by atoms with Crippen LogP contribution in [0.1, 0.15) is 76.8 Å². The Labute approximate surface area is 222 Å². The highest BCUT2D eigenvalue weighted by atomic mass is 16.3. The number of rotatable bonds is 6. The third kappa shape index (κ3) is 5.28. The van der Waals surface area contributed by atoms with Crippen molar-refractivity contribution in [2.75, 3.05) is 0 Å². The van der Waals surface area contributed by atoms with Crippen LogP contribution in [0.5, 0.6) is 17.2 Å². The zero-order valence-corrected chi connectivity index (χ0v) is 22.3. The predicted octanol–water partition coefficient (Wildman–Crippen LogP) is 6.34. The van der Waals surface area contributed by atoms with Gasteiger partial charge in [0.2, 0.25) is 5.75 Å². The summed E-state index contributed by atoms with van der Waals surface area (Å²) in [6.45, 7) is 7.56. The lowest BCUT2D eigenvalue weighted by Gasteiger charge is -2.37. The third-order valence-electron chi connectivity index (χ3n) is 7.70. The highest BCUT2D eigenvalue weighted by Gasteiger charge is 2.44. The average Bonchev–Trinajstić information content (AvgIpc) is 2.79. The molecule has 2 aliphatic rings. The molecule has 0 spiro atoms. The normalized spacial score (nSPS) is 20.2. The molecule has 2 aromatic rings. The number of Topliss-reactive ketones (excluding diaryl/α,β-unsaturated/α-hetero) is 2. The Morgan fingerprint density at radius 2 is 1.16 bits per heavy atom. The van der Waals surface area contributed by atoms with Crippen LogP contribution in [0.4, 0.5) is 0 Å². The summed E-state index contributed by atoms with van der Waals surface area (Å²) in [6.07, 6.45) is 0.910. The molecular weight excluding hydrogens is 484 g/mol. The number of ketones is 2. The standard InChI is InChI=1S/C31H36O7/c1-30(2)13-22(33)26(23(34)14-30)20(27-24(35)15-31(3,4)16-25(27)36)12-19(17-8-6-5-7-9-17)18-10-11-21(32)29(38)28(18)37/h5-11,19-20,32-33,35,37-38H,12-16H2,1-4H3. The minimum absolute atomic E-state index is 0.0545. The van der Waals surface area contributed by atoms with E-state index in [1.165, 1.54) is 12.1 Å². The number of benzene rings is 2.